The Morgan fingerprint density at radius 3 is 2.25 bits per heavy atom. The van der Waals surface area contributed by atoms with Crippen LogP contribution in [0.1, 0.15) is 69.8 Å². The number of ether oxygens (including phenoxy) is 2. The molecule has 3 aliphatic rings. The summed E-state index contributed by atoms with van der Waals surface area (Å²) in [6.07, 6.45) is 6.50. The van der Waals surface area contributed by atoms with Crippen LogP contribution in [0.4, 0.5) is 18.4 Å². The van der Waals surface area contributed by atoms with Gasteiger partial charge in [0, 0.05) is 43.0 Å². The highest BCUT2D eigenvalue weighted by atomic mass is 19.1. The summed E-state index contributed by atoms with van der Waals surface area (Å²) in [6.45, 7) is 8.76. The molecular weight excluding hydrogens is 738 g/mol. The van der Waals surface area contributed by atoms with E-state index in [1.54, 1.807) is 40.3 Å². The number of nitrogens with one attached hydrogen (secondary N) is 4. The summed E-state index contributed by atoms with van der Waals surface area (Å²) >= 11 is 0. The van der Waals surface area contributed by atoms with Gasteiger partial charge in [0.2, 0.25) is 11.8 Å². The number of aliphatic imine (C=N–C) groups is 1. The lowest BCUT2D eigenvalue weighted by Crippen LogP contribution is -2.52. The lowest BCUT2D eigenvalue weighted by Gasteiger charge is -2.30. The molecule has 6 rings (SSSR count). The standard InChI is InChI=1S/C41H50F2N8O6/c1-23(2)35(48-40(54)56-4)38(52)51-17-7-9-34(51)37-46-22-33(47-37)29-15-13-26(19-31(29)43)25-12-14-28(30(42)18-25)32(44-3)21-45-20-27-8-6-16-50(27)39(53)36(24-10-11-24)49-41(55)57-5/h12-15,18-19,21-24,27,34-36,45H,3,6-11,16-17,20H2,1-2,4-5H3,(H,46,47)(H,48,54)(H,49,55)/b32-21-/t27-,34-,35-,36-/m0/s1. The number of amides is 4. The quantitative estimate of drug-likeness (QED) is 0.149. The van der Waals surface area contributed by atoms with Crippen molar-refractivity contribution in [1.29, 1.82) is 0 Å². The number of nitrogens with zero attached hydrogens (tertiary/aromatic N) is 4. The molecule has 4 amide bonds. The molecule has 304 valence electrons. The first-order chi connectivity index (χ1) is 27.4. The molecule has 57 heavy (non-hydrogen) atoms. The van der Waals surface area contributed by atoms with Crippen molar-refractivity contribution in [2.75, 3.05) is 33.9 Å². The van der Waals surface area contributed by atoms with E-state index < -0.39 is 35.9 Å². The monoisotopic (exact) mass is 788 g/mol. The molecule has 1 aliphatic carbocycles. The number of methoxy groups -OCH3 is 2. The second kappa shape index (κ2) is 18.0. The molecular formula is C41H50F2N8O6. The van der Waals surface area contributed by atoms with Crippen molar-refractivity contribution in [2.24, 2.45) is 16.8 Å². The van der Waals surface area contributed by atoms with E-state index in [0.29, 0.717) is 48.7 Å². The Kier molecular flexibility index (Phi) is 12.9. The topological polar surface area (TPSA) is 170 Å². The van der Waals surface area contributed by atoms with E-state index in [-0.39, 0.29) is 52.6 Å². The Balaban J connectivity index is 1.10. The second-order valence-electron chi connectivity index (χ2n) is 15.0. The smallest absolute Gasteiger partial charge is 0.407 e. The van der Waals surface area contributed by atoms with Crippen LogP contribution < -0.4 is 16.0 Å². The maximum Gasteiger partial charge on any atom is 0.407 e. The number of aromatic nitrogens is 2. The number of aromatic amines is 1. The summed E-state index contributed by atoms with van der Waals surface area (Å²) in [4.78, 5) is 65.9. The zero-order valence-electron chi connectivity index (χ0n) is 32.6. The van der Waals surface area contributed by atoms with Crippen molar-refractivity contribution >= 4 is 36.4 Å². The number of alkyl carbamates (subject to hydrolysis) is 2. The van der Waals surface area contributed by atoms with Gasteiger partial charge in [0.25, 0.3) is 0 Å². The first kappa shape index (κ1) is 40.9. The fourth-order valence-corrected chi connectivity index (χ4v) is 7.66. The molecule has 4 N–H and O–H groups in total. The van der Waals surface area contributed by atoms with Gasteiger partial charge in [-0.15, -0.1) is 0 Å². The predicted octanol–water partition coefficient (Wildman–Crippen LogP) is 5.78. The van der Waals surface area contributed by atoms with E-state index >= 15 is 8.78 Å². The highest BCUT2D eigenvalue weighted by Crippen LogP contribution is 2.36. The Morgan fingerprint density at radius 1 is 0.930 bits per heavy atom. The summed E-state index contributed by atoms with van der Waals surface area (Å²) in [6, 6.07) is 7.26. The van der Waals surface area contributed by atoms with Crippen molar-refractivity contribution in [2.45, 2.75) is 76.5 Å². The van der Waals surface area contributed by atoms with Crippen LogP contribution in [0, 0.1) is 23.5 Å². The molecule has 4 atom stereocenters. The molecule has 0 radical (unpaired) electrons. The molecule has 3 aromatic rings. The van der Waals surface area contributed by atoms with Gasteiger partial charge >= 0.3 is 12.2 Å². The minimum atomic E-state index is -0.778. The number of halogens is 2. The van der Waals surface area contributed by atoms with Crippen molar-refractivity contribution in [1.82, 2.24) is 35.7 Å². The molecule has 2 saturated heterocycles. The number of rotatable bonds is 14. The van der Waals surface area contributed by atoms with Gasteiger partial charge in [-0.3, -0.25) is 14.6 Å². The summed E-state index contributed by atoms with van der Waals surface area (Å²) in [7, 11) is 2.51. The van der Waals surface area contributed by atoms with Gasteiger partial charge < -0.3 is 40.2 Å². The van der Waals surface area contributed by atoms with E-state index in [0.717, 1.165) is 32.1 Å². The maximum absolute atomic E-state index is 15.7. The van der Waals surface area contributed by atoms with Crippen LogP contribution >= 0.6 is 0 Å². The fraction of sp³-hybridized carbons (Fsp3) is 0.463. The number of benzene rings is 2. The third-order valence-electron chi connectivity index (χ3n) is 10.9. The molecule has 2 aliphatic heterocycles. The molecule has 16 heteroatoms. The van der Waals surface area contributed by atoms with E-state index in [2.05, 4.69) is 37.6 Å². The van der Waals surface area contributed by atoms with Gasteiger partial charge in [-0.05, 0) is 92.5 Å². The van der Waals surface area contributed by atoms with Crippen LogP contribution in [0.2, 0.25) is 0 Å². The van der Waals surface area contributed by atoms with Crippen LogP contribution in [0.5, 0.6) is 0 Å². The maximum atomic E-state index is 15.7. The zero-order chi connectivity index (χ0) is 40.8. The molecule has 14 nitrogen and oxygen atoms in total. The van der Waals surface area contributed by atoms with Gasteiger partial charge in [-0.25, -0.2) is 23.4 Å². The number of hydrogen-bond donors (Lipinski definition) is 4. The minimum absolute atomic E-state index is 0.101. The van der Waals surface area contributed by atoms with Gasteiger partial charge in [0.05, 0.1) is 37.8 Å². The Morgan fingerprint density at radius 2 is 1.60 bits per heavy atom. The molecule has 1 saturated carbocycles. The molecule has 2 aromatic carbocycles. The third kappa shape index (κ3) is 9.26. The number of imidazole rings is 1. The summed E-state index contributed by atoms with van der Waals surface area (Å²) in [5.41, 5.74) is 2.05. The van der Waals surface area contributed by atoms with Crippen LogP contribution in [-0.2, 0) is 19.1 Å². The molecule has 1 aromatic heterocycles. The van der Waals surface area contributed by atoms with E-state index in [1.165, 1.54) is 32.5 Å². The summed E-state index contributed by atoms with van der Waals surface area (Å²) in [5, 5.41) is 8.50. The van der Waals surface area contributed by atoms with Gasteiger partial charge in [0.1, 0.15) is 29.5 Å². The van der Waals surface area contributed by atoms with Crippen LogP contribution in [0.15, 0.2) is 53.8 Å². The highest BCUT2D eigenvalue weighted by molar-refractivity contribution is 5.87. The highest BCUT2D eigenvalue weighted by Gasteiger charge is 2.42. The summed E-state index contributed by atoms with van der Waals surface area (Å²) < 4.78 is 40.7. The molecule has 0 spiro atoms. The fourth-order valence-electron chi connectivity index (χ4n) is 7.66. The number of hydrogen-bond acceptors (Lipinski definition) is 9. The van der Waals surface area contributed by atoms with Crippen molar-refractivity contribution in [3.8, 4) is 22.4 Å². The molecule has 3 heterocycles. The van der Waals surface area contributed by atoms with E-state index in [4.69, 9.17) is 9.47 Å². The van der Waals surface area contributed by atoms with Crippen LogP contribution in [0.3, 0.4) is 0 Å². The third-order valence-corrected chi connectivity index (χ3v) is 10.9. The largest absolute Gasteiger partial charge is 0.453 e. The average Bonchev–Trinajstić information content (AvgIpc) is 3.52. The Labute approximate surface area is 330 Å². The normalized spacial score (nSPS) is 19.2. The number of H-pyrrole nitrogens is 1. The predicted molar refractivity (Wildman–Crippen MR) is 210 cm³/mol. The van der Waals surface area contributed by atoms with Crippen molar-refractivity contribution < 1.29 is 37.4 Å². The van der Waals surface area contributed by atoms with Gasteiger partial charge in [-0.1, -0.05) is 26.0 Å². The first-order valence-electron chi connectivity index (χ1n) is 19.3. The van der Waals surface area contributed by atoms with E-state index in [1.807, 2.05) is 13.8 Å². The Bertz CT molecular complexity index is 2020. The van der Waals surface area contributed by atoms with Gasteiger partial charge in [-0.2, -0.15) is 0 Å². The Hall–Kier alpha value is -5.80. The lowest BCUT2D eigenvalue weighted by atomic mass is 10.00. The number of likely N-dealkylation sites (tertiary alicyclic amines) is 2. The summed E-state index contributed by atoms with van der Waals surface area (Å²) in [5.74, 6) is -1.07. The average molecular weight is 789 g/mol. The minimum Gasteiger partial charge on any atom is -0.453 e. The lowest BCUT2D eigenvalue weighted by molar-refractivity contribution is -0.135. The number of carbonyl (C=O) groups is 4. The molecule has 0 bridgehead atoms. The molecule has 3 fully saturated rings. The first-order valence-corrected chi connectivity index (χ1v) is 19.3. The molecule has 0 unspecified atom stereocenters. The van der Waals surface area contributed by atoms with Crippen LogP contribution in [-0.4, -0.2) is 102 Å². The van der Waals surface area contributed by atoms with Crippen molar-refractivity contribution in [3.05, 3.63) is 71.8 Å². The van der Waals surface area contributed by atoms with Crippen LogP contribution in [0.25, 0.3) is 28.1 Å². The number of carbonyl (C=O) groups excluding carboxylic acids is 4. The van der Waals surface area contributed by atoms with E-state index in [9.17, 15) is 19.2 Å². The van der Waals surface area contributed by atoms with Gasteiger partial charge in [0.15, 0.2) is 0 Å². The zero-order valence-corrected chi connectivity index (χ0v) is 32.6. The van der Waals surface area contributed by atoms with Crippen molar-refractivity contribution in [3.63, 3.8) is 0 Å². The second-order valence-corrected chi connectivity index (χ2v) is 15.0. The SMILES string of the molecule is C=N/C(=C\NC[C@@H]1CCCN1C(=O)[C@@H](NC(=O)OC)C1CC1)c1ccc(-c2ccc(-c3cnc([C@@H]4CCCN4C(=O)[C@@H](NC(=O)OC)C(C)C)[nH]3)c(F)c2)cc1F.